The fourth-order valence-corrected chi connectivity index (χ4v) is 13.4. The molecule has 2 aliphatic heterocycles. The standard InChI is InChI=1S/C73H75B2N/c1-46(2)54-41-59(48(5)6)71(60(42-54)49(7)8)74-65-31-21-22-32-66(65)75(72-61(50(9)10)43-55(47(3)4)44-62(72)51(11)12)68-45-53(37-40-67(68)74)52-35-38-58(39-36-52)76-69-33-23-19-29-63(69)73(56-25-15-13-16-26-56,57-27-17-14-18-28-57)64-30-20-24-34-70(64)76/h13-51H,1-12H3. The summed E-state index contributed by atoms with van der Waals surface area (Å²) in [7, 11) is 0. The molecule has 0 saturated carbocycles. The third-order valence-corrected chi connectivity index (χ3v) is 17.2. The number of anilines is 3. The van der Waals surface area contributed by atoms with Crippen LogP contribution in [0.4, 0.5) is 17.1 Å². The van der Waals surface area contributed by atoms with Crippen LogP contribution in [-0.2, 0) is 5.41 Å². The van der Waals surface area contributed by atoms with E-state index >= 15 is 0 Å². The number of hydrogen-bond donors (Lipinski definition) is 0. The molecule has 0 spiro atoms. The first kappa shape index (κ1) is 51.0. The Bertz CT molecular complexity index is 3420. The summed E-state index contributed by atoms with van der Waals surface area (Å²) in [4.78, 5) is 2.49. The second-order valence-electron chi connectivity index (χ2n) is 23.9. The van der Waals surface area contributed by atoms with Gasteiger partial charge in [0.05, 0.1) is 16.8 Å². The molecular weight excluding hydrogens is 912 g/mol. The molecule has 9 aromatic rings. The van der Waals surface area contributed by atoms with Crippen molar-refractivity contribution in [2.75, 3.05) is 4.90 Å². The van der Waals surface area contributed by atoms with Gasteiger partial charge in [0.15, 0.2) is 0 Å². The van der Waals surface area contributed by atoms with E-state index in [1.807, 2.05) is 0 Å². The molecule has 9 aromatic carbocycles. The summed E-state index contributed by atoms with van der Waals surface area (Å²) in [6.45, 7) is 28.8. The average Bonchev–Trinajstić information content (AvgIpc) is 3.63. The molecule has 0 atom stereocenters. The van der Waals surface area contributed by atoms with Crippen molar-refractivity contribution in [3.05, 3.63) is 256 Å². The van der Waals surface area contributed by atoms with Crippen molar-refractivity contribution in [1.82, 2.24) is 0 Å². The summed E-state index contributed by atoms with van der Waals surface area (Å²) in [5.74, 6) is 2.33. The van der Waals surface area contributed by atoms with Crippen molar-refractivity contribution in [2.24, 2.45) is 0 Å². The highest BCUT2D eigenvalue weighted by Gasteiger charge is 2.47. The molecule has 0 unspecified atom stereocenters. The first-order valence-electron chi connectivity index (χ1n) is 28.5. The van der Waals surface area contributed by atoms with Crippen molar-refractivity contribution < 1.29 is 0 Å². The van der Waals surface area contributed by atoms with Crippen LogP contribution < -0.4 is 37.7 Å². The Balaban J connectivity index is 1.12. The Morgan fingerprint density at radius 1 is 0.316 bits per heavy atom. The summed E-state index contributed by atoms with van der Waals surface area (Å²) in [6.07, 6.45) is 0. The molecule has 0 radical (unpaired) electrons. The van der Waals surface area contributed by atoms with Gasteiger partial charge in [0, 0.05) is 5.69 Å². The largest absolute Gasteiger partial charge is 0.310 e. The first-order valence-corrected chi connectivity index (χ1v) is 28.5. The van der Waals surface area contributed by atoms with Crippen LogP contribution >= 0.6 is 0 Å². The first-order chi connectivity index (χ1) is 36.7. The summed E-state index contributed by atoms with van der Waals surface area (Å²) in [5, 5.41) is 0. The fraction of sp³-hybridized carbons (Fsp3) is 0.260. The van der Waals surface area contributed by atoms with Crippen molar-refractivity contribution >= 4 is 63.3 Å². The van der Waals surface area contributed by atoms with E-state index in [0.29, 0.717) is 35.5 Å². The highest BCUT2D eigenvalue weighted by atomic mass is 15.2. The van der Waals surface area contributed by atoms with E-state index in [0.717, 1.165) is 5.69 Å². The predicted molar refractivity (Wildman–Crippen MR) is 332 cm³/mol. The maximum atomic E-state index is 2.61. The van der Waals surface area contributed by atoms with Crippen LogP contribution in [0.2, 0.25) is 0 Å². The maximum Gasteiger partial charge on any atom is 0.240 e. The van der Waals surface area contributed by atoms with Crippen molar-refractivity contribution in [1.29, 1.82) is 0 Å². The van der Waals surface area contributed by atoms with Crippen LogP contribution in [0.15, 0.2) is 200 Å². The minimum atomic E-state index is -0.509. The molecule has 0 fully saturated rings. The molecule has 0 N–H and O–H groups in total. The molecular formula is C73H75B2N. The molecule has 1 nitrogen and oxygen atoms in total. The van der Waals surface area contributed by atoms with Gasteiger partial charge in [-0.1, -0.05) is 292 Å². The van der Waals surface area contributed by atoms with Gasteiger partial charge in [-0.15, -0.1) is 0 Å². The van der Waals surface area contributed by atoms with Crippen molar-refractivity contribution in [3.63, 3.8) is 0 Å². The van der Waals surface area contributed by atoms with Crippen molar-refractivity contribution in [3.8, 4) is 11.1 Å². The van der Waals surface area contributed by atoms with Crippen LogP contribution in [0.1, 0.15) is 174 Å². The molecule has 2 heterocycles. The summed E-state index contributed by atoms with van der Waals surface area (Å²) >= 11 is 0. The van der Waals surface area contributed by atoms with Gasteiger partial charge in [-0.2, -0.15) is 0 Å². The lowest BCUT2D eigenvalue weighted by atomic mass is 9.20. The Kier molecular flexibility index (Phi) is 13.7. The number of para-hydroxylation sites is 2. The molecule has 76 heavy (non-hydrogen) atoms. The van der Waals surface area contributed by atoms with Gasteiger partial charge in [0.25, 0.3) is 0 Å². The Morgan fingerprint density at radius 3 is 1.08 bits per heavy atom. The minimum absolute atomic E-state index is 0.0634. The van der Waals surface area contributed by atoms with Crippen LogP contribution in [0, 0.1) is 0 Å². The Morgan fingerprint density at radius 2 is 0.671 bits per heavy atom. The van der Waals surface area contributed by atoms with Gasteiger partial charge in [-0.25, -0.2) is 0 Å². The highest BCUT2D eigenvalue weighted by Crippen LogP contribution is 2.57. The van der Waals surface area contributed by atoms with E-state index < -0.39 is 5.41 Å². The zero-order chi connectivity index (χ0) is 53.2. The van der Waals surface area contributed by atoms with Gasteiger partial charge in [0.2, 0.25) is 13.4 Å². The van der Waals surface area contributed by atoms with Crippen LogP contribution in [0.3, 0.4) is 0 Å². The van der Waals surface area contributed by atoms with E-state index in [-0.39, 0.29) is 13.4 Å². The van der Waals surface area contributed by atoms with E-state index in [4.69, 9.17) is 0 Å². The molecule has 0 amide bonds. The SMILES string of the molecule is CC(C)c1cc(C(C)C)c(B2c3ccccc3B(c3c(C(C)C)cc(C(C)C)cc3C(C)C)c3cc(-c4ccc(N5c6ccccc6C(c6ccccc6)(c6ccccc6)c6ccccc65)cc4)ccc32)c(C(C)C)c1. The van der Waals surface area contributed by atoms with E-state index in [9.17, 15) is 0 Å². The van der Waals surface area contributed by atoms with Crippen molar-refractivity contribution in [2.45, 2.75) is 124 Å². The lowest BCUT2D eigenvalue weighted by Crippen LogP contribution is -2.76. The zero-order valence-corrected chi connectivity index (χ0v) is 47.1. The summed E-state index contributed by atoms with van der Waals surface area (Å²) in [5.41, 5.74) is 28.1. The zero-order valence-electron chi connectivity index (χ0n) is 47.1. The third-order valence-electron chi connectivity index (χ3n) is 17.2. The van der Waals surface area contributed by atoms with Crippen LogP contribution in [-0.4, -0.2) is 13.4 Å². The fourth-order valence-electron chi connectivity index (χ4n) is 13.4. The lowest BCUT2D eigenvalue weighted by molar-refractivity contribution is 0.731. The molecule has 3 heteroatoms. The van der Waals surface area contributed by atoms with E-state index in [1.54, 1.807) is 0 Å². The number of benzene rings is 9. The minimum Gasteiger partial charge on any atom is -0.310 e. The number of hydrogen-bond acceptors (Lipinski definition) is 1. The topological polar surface area (TPSA) is 3.24 Å². The average molecular weight is 988 g/mol. The smallest absolute Gasteiger partial charge is 0.240 e. The number of fused-ring (bicyclic) bond motifs is 4. The second-order valence-corrected chi connectivity index (χ2v) is 23.9. The van der Waals surface area contributed by atoms with Crippen LogP contribution in [0.5, 0.6) is 0 Å². The number of nitrogens with zero attached hydrogens (tertiary/aromatic N) is 1. The molecule has 0 aliphatic carbocycles. The summed E-state index contributed by atoms with van der Waals surface area (Å²) < 4.78 is 0. The Labute approximate surface area is 456 Å². The normalized spacial score (nSPS) is 13.7. The van der Waals surface area contributed by atoms with E-state index in [2.05, 4.69) is 288 Å². The van der Waals surface area contributed by atoms with Gasteiger partial charge < -0.3 is 4.90 Å². The molecule has 0 aromatic heterocycles. The van der Waals surface area contributed by atoms with Gasteiger partial charge in [-0.3, -0.25) is 0 Å². The molecule has 0 saturated heterocycles. The highest BCUT2D eigenvalue weighted by molar-refractivity contribution is 7.11. The van der Waals surface area contributed by atoms with Gasteiger partial charge >= 0.3 is 0 Å². The van der Waals surface area contributed by atoms with Gasteiger partial charge in [-0.05, 0) is 127 Å². The van der Waals surface area contributed by atoms with Crippen LogP contribution in [0.25, 0.3) is 11.1 Å². The molecule has 378 valence electrons. The molecule has 2 aliphatic rings. The Hall–Kier alpha value is -7.09. The maximum absolute atomic E-state index is 2.61. The summed E-state index contributed by atoms with van der Waals surface area (Å²) in [6, 6.07) is 77.2. The molecule has 0 bridgehead atoms. The quantitative estimate of drug-likeness (QED) is 0.110. The monoisotopic (exact) mass is 988 g/mol. The second kappa shape index (κ2) is 20.5. The lowest BCUT2D eigenvalue weighted by Gasteiger charge is -2.46. The predicted octanol–water partition coefficient (Wildman–Crippen LogP) is 15.6. The van der Waals surface area contributed by atoms with E-state index in [1.165, 1.54) is 111 Å². The number of rotatable bonds is 12. The van der Waals surface area contributed by atoms with Gasteiger partial charge in [0.1, 0.15) is 0 Å². The molecule has 11 rings (SSSR count). The third kappa shape index (κ3) is 8.50.